The van der Waals surface area contributed by atoms with E-state index in [9.17, 15) is 0 Å². The van der Waals surface area contributed by atoms with Crippen LogP contribution in [0.1, 0.15) is 11.1 Å². The van der Waals surface area contributed by atoms with Crippen LogP contribution in [0.15, 0.2) is 54.6 Å². The summed E-state index contributed by atoms with van der Waals surface area (Å²) in [5, 5.41) is 0.0468. The molecule has 0 bridgehead atoms. The summed E-state index contributed by atoms with van der Waals surface area (Å²) in [5.74, 6) is 0.726. The van der Waals surface area contributed by atoms with Crippen LogP contribution in [0.5, 0.6) is 5.75 Å². The third-order valence-electron chi connectivity index (χ3n) is 2.42. The largest absolute Gasteiger partial charge is 0.432 e. The minimum Gasteiger partial charge on any atom is -0.432 e. The Morgan fingerprint density at radius 3 is 2.35 bits per heavy atom. The number of rotatable bonds is 3. The monoisotopic (exact) mass is 243 g/mol. The van der Waals surface area contributed by atoms with Gasteiger partial charge in [-0.3, -0.25) is 0 Å². The van der Waals surface area contributed by atoms with Crippen molar-refractivity contribution in [3.05, 3.63) is 65.7 Å². The molecular formula is C14H13NOS. The van der Waals surface area contributed by atoms with Gasteiger partial charge in [0, 0.05) is 6.42 Å². The zero-order valence-electron chi connectivity index (χ0n) is 9.30. The highest BCUT2D eigenvalue weighted by atomic mass is 32.1. The maximum atomic E-state index is 5.40. The predicted octanol–water partition coefficient (Wildman–Crippen LogP) is 2.90. The highest BCUT2D eigenvalue weighted by molar-refractivity contribution is 7.80. The Morgan fingerprint density at radius 2 is 1.65 bits per heavy atom. The van der Waals surface area contributed by atoms with E-state index in [-0.39, 0.29) is 5.17 Å². The molecule has 0 aliphatic rings. The van der Waals surface area contributed by atoms with E-state index in [1.807, 2.05) is 42.5 Å². The molecular weight excluding hydrogens is 230 g/mol. The molecule has 3 heteroatoms. The van der Waals surface area contributed by atoms with Crippen LogP contribution in [0.4, 0.5) is 0 Å². The maximum absolute atomic E-state index is 5.40. The summed E-state index contributed by atoms with van der Waals surface area (Å²) in [7, 11) is 0. The van der Waals surface area contributed by atoms with Gasteiger partial charge in [0.05, 0.1) is 0 Å². The number of nitrogens with two attached hydrogens (primary N) is 1. The Morgan fingerprint density at radius 1 is 1.00 bits per heavy atom. The molecule has 0 fully saturated rings. The molecule has 0 saturated heterocycles. The molecule has 0 amide bonds. The van der Waals surface area contributed by atoms with Crippen molar-refractivity contribution in [2.75, 3.05) is 0 Å². The van der Waals surface area contributed by atoms with Crippen LogP contribution >= 0.6 is 12.2 Å². The van der Waals surface area contributed by atoms with Gasteiger partial charge in [0.15, 0.2) is 0 Å². The molecule has 0 unspecified atom stereocenters. The van der Waals surface area contributed by atoms with Crippen LogP contribution in [-0.4, -0.2) is 5.17 Å². The van der Waals surface area contributed by atoms with Gasteiger partial charge in [-0.1, -0.05) is 48.5 Å². The summed E-state index contributed by atoms with van der Waals surface area (Å²) >= 11 is 4.76. The molecule has 86 valence electrons. The van der Waals surface area contributed by atoms with Crippen molar-refractivity contribution in [1.82, 2.24) is 0 Å². The second-order valence-corrected chi connectivity index (χ2v) is 4.09. The lowest BCUT2D eigenvalue weighted by atomic mass is 10.0. The fourth-order valence-corrected chi connectivity index (χ4v) is 1.76. The van der Waals surface area contributed by atoms with E-state index in [4.69, 9.17) is 22.7 Å². The molecule has 2 aromatic carbocycles. The molecule has 2 aromatic rings. The van der Waals surface area contributed by atoms with Gasteiger partial charge in [0.2, 0.25) is 0 Å². The molecule has 0 atom stereocenters. The topological polar surface area (TPSA) is 35.2 Å². The van der Waals surface area contributed by atoms with Crippen LogP contribution in [0.3, 0.4) is 0 Å². The van der Waals surface area contributed by atoms with E-state index in [1.54, 1.807) is 0 Å². The van der Waals surface area contributed by atoms with Crippen LogP contribution < -0.4 is 10.5 Å². The zero-order valence-corrected chi connectivity index (χ0v) is 10.1. The second-order valence-electron chi connectivity index (χ2n) is 3.69. The number of thiocarbonyl (C=S) groups is 1. The smallest absolute Gasteiger partial charge is 0.259 e. The summed E-state index contributed by atoms with van der Waals surface area (Å²) in [6, 6.07) is 18.0. The zero-order chi connectivity index (χ0) is 12.1. The molecule has 0 aromatic heterocycles. The number of ether oxygens (including phenoxy) is 1. The maximum Gasteiger partial charge on any atom is 0.259 e. The Labute approximate surface area is 106 Å². The molecule has 2 nitrogen and oxygen atoms in total. The first-order chi connectivity index (χ1) is 8.25. The van der Waals surface area contributed by atoms with Crippen LogP contribution in [0.25, 0.3) is 0 Å². The molecule has 0 spiro atoms. The lowest BCUT2D eigenvalue weighted by Gasteiger charge is -2.09. The number of hydrogen-bond donors (Lipinski definition) is 1. The summed E-state index contributed by atoms with van der Waals surface area (Å²) in [4.78, 5) is 0. The van der Waals surface area contributed by atoms with Crippen LogP contribution in [-0.2, 0) is 6.42 Å². The van der Waals surface area contributed by atoms with Gasteiger partial charge in [-0.15, -0.1) is 0 Å². The highest BCUT2D eigenvalue weighted by Crippen LogP contribution is 2.21. The first-order valence-corrected chi connectivity index (χ1v) is 5.75. The molecule has 2 N–H and O–H groups in total. The standard InChI is InChI=1S/C14H13NOS/c15-14(17)16-13-9-5-4-8-12(13)10-11-6-2-1-3-7-11/h1-9H,10H2,(H2,15,17). The van der Waals surface area contributed by atoms with E-state index in [0.717, 1.165) is 17.7 Å². The predicted molar refractivity (Wildman–Crippen MR) is 73.1 cm³/mol. The second kappa shape index (κ2) is 5.46. The first-order valence-electron chi connectivity index (χ1n) is 5.35. The fourth-order valence-electron chi connectivity index (χ4n) is 1.67. The Balaban J connectivity index is 2.23. The van der Waals surface area contributed by atoms with Crippen LogP contribution in [0, 0.1) is 0 Å². The average Bonchev–Trinajstić information content (AvgIpc) is 2.32. The van der Waals surface area contributed by atoms with Crippen molar-refractivity contribution < 1.29 is 4.74 Å². The van der Waals surface area contributed by atoms with Crippen molar-refractivity contribution in [3.8, 4) is 5.75 Å². The van der Waals surface area contributed by atoms with Gasteiger partial charge >= 0.3 is 0 Å². The quantitative estimate of drug-likeness (QED) is 0.842. The molecule has 0 radical (unpaired) electrons. The minimum atomic E-state index is 0.0468. The summed E-state index contributed by atoms with van der Waals surface area (Å²) in [5.41, 5.74) is 7.70. The van der Waals surface area contributed by atoms with Crippen molar-refractivity contribution in [2.45, 2.75) is 6.42 Å². The number of para-hydroxylation sites is 1. The van der Waals surface area contributed by atoms with E-state index in [0.29, 0.717) is 0 Å². The molecule has 0 heterocycles. The van der Waals surface area contributed by atoms with E-state index < -0.39 is 0 Å². The SMILES string of the molecule is NC(=S)Oc1ccccc1Cc1ccccc1. The number of hydrogen-bond acceptors (Lipinski definition) is 2. The van der Waals surface area contributed by atoms with Crippen molar-refractivity contribution in [3.63, 3.8) is 0 Å². The summed E-state index contributed by atoms with van der Waals surface area (Å²) in [6.45, 7) is 0. The lowest BCUT2D eigenvalue weighted by molar-refractivity contribution is 0.550. The van der Waals surface area contributed by atoms with Gasteiger partial charge in [0.25, 0.3) is 5.17 Å². The van der Waals surface area contributed by atoms with Crippen molar-refractivity contribution in [1.29, 1.82) is 0 Å². The van der Waals surface area contributed by atoms with Gasteiger partial charge in [-0.25, -0.2) is 0 Å². The Bertz CT molecular complexity index is 511. The summed E-state index contributed by atoms with van der Waals surface area (Å²) in [6.07, 6.45) is 0.805. The molecule has 0 saturated carbocycles. The molecule has 17 heavy (non-hydrogen) atoms. The Hall–Kier alpha value is -1.87. The van der Waals surface area contributed by atoms with Crippen molar-refractivity contribution >= 4 is 17.4 Å². The minimum absolute atomic E-state index is 0.0468. The highest BCUT2D eigenvalue weighted by Gasteiger charge is 2.04. The molecule has 2 rings (SSSR count). The van der Waals surface area contributed by atoms with Gasteiger partial charge < -0.3 is 10.5 Å². The fraction of sp³-hybridized carbons (Fsp3) is 0.0714. The van der Waals surface area contributed by atoms with Crippen LogP contribution in [0.2, 0.25) is 0 Å². The average molecular weight is 243 g/mol. The first kappa shape index (κ1) is 11.6. The van der Waals surface area contributed by atoms with Gasteiger partial charge in [-0.05, 0) is 29.4 Å². The Kier molecular flexibility index (Phi) is 3.73. The van der Waals surface area contributed by atoms with Gasteiger partial charge in [0.1, 0.15) is 5.75 Å². The van der Waals surface area contributed by atoms with E-state index >= 15 is 0 Å². The third kappa shape index (κ3) is 3.29. The molecule has 0 aliphatic heterocycles. The van der Waals surface area contributed by atoms with Gasteiger partial charge in [-0.2, -0.15) is 0 Å². The lowest BCUT2D eigenvalue weighted by Crippen LogP contribution is -2.16. The molecule has 0 aliphatic carbocycles. The third-order valence-corrected chi connectivity index (χ3v) is 2.50. The van der Waals surface area contributed by atoms with E-state index in [2.05, 4.69) is 12.1 Å². The normalized spacial score (nSPS) is 9.88. The number of benzene rings is 2. The van der Waals surface area contributed by atoms with Crippen molar-refractivity contribution in [2.24, 2.45) is 5.73 Å². The summed E-state index contributed by atoms with van der Waals surface area (Å²) < 4.78 is 5.33. The van der Waals surface area contributed by atoms with E-state index in [1.165, 1.54) is 5.56 Å².